The van der Waals surface area contributed by atoms with Crippen molar-refractivity contribution in [3.8, 4) is 0 Å². The summed E-state index contributed by atoms with van der Waals surface area (Å²) in [4.78, 5) is 12.7. The fourth-order valence-corrected chi connectivity index (χ4v) is 2.08. The summed E-state index contributed by atoms with van der Waals surface area (Å²) in [7, 11) is 0. The molecule has 20 heavy (non-hydrogen) atoms. The van der Waals surface area contributed by atoms with Gasteiger partial charge in [0.1, 0.15) is 12.4 Å². The monoisotopic (exact) mass is 273 g/mol. The van der Waals surface area contributed by atoms with Crippen LogP contribution in [0.4, 0.5) is 0 Å². The van der Waals surface area contributed by atoms with E-state index in [9.17, 15) is 4.79 Å². The number of nitrogens with zero attached hydrogens (tertiary/aromatic N) is 1. The van der Waals surface area contributed by atoms with E-state index in [-0.39, 0.29) is 6.42 Å². The molecule has 0 spiro atoms. The van der Waals surface area contributed by atoms with Crippen LogP contribution >= 0.6 is 0 Å². The lowest BCUT2D eigenvalue weighted by Gasteiger charge is -2.28. The predicted molar refractivity (Wildman–Crippen MR) is 76.9 cm³/mol. The number of rotatable bonds is 6. The number of hydrogen-bond acceptors (Lipinski definition) is 3. The molecule has 1 aliphatic heterocycles. The smallest absolute Gasteiger partial charge is 0.305 e. The molecule has 1 aromatic rings. The molecular formula is C16H19NO3. The first-order valence-electron chi connectivity index (χ1n) is 6.67. The van der Waals surface area contributed by atoms with Gasteiger partial charge >= 0.3 is 5.97 Å². The van der Waals surface area contributed by atoms with Gasteiger partial charge in [0, 0.05) is 13.1 Å². The van der Waals surface area contributed by atoms with E-state index in [0.717, 1.165) is 23.6 Å². The van der Waals surface area contributed by atoms with Crippen LogP contribution in [0.25, 0.3) is 0 Å². The molecule has 1 aliphatic rings. The maximum absolute atomic E-state index is 10.6. The van der Waals surface area contributed by atoms with Gasteiger partial charge in [-0.2, -0.15) is 0 Å². The summed E-state index contributed by atoms with van der Waals surface area (Å²) < 4.78 is 5.82. The molecule has 0 saturated carbocycles. The minimum atomic E-state index is -0.779. The van der Waals surface area contributed by atoms with Crippen LogP contribution in [0.5, 0.6) is 0 Å². The molecule has 1 heterocycles. The Labute approximate surface area is 119 Å². The van der Waals surface area contributed by atoms with Crippen LogP contribution < -0.4 is 0 Å². The van der Waals surface area contributed by atoms with Crippen LogP contribution in [0, 0.1) is 0 Å². The minimum Gasteiger partial charge on any atom is -0.487 e. The van der Waals surface area contributed by atoms with Gasteiger partial charge in [-0.1, -0.05) is 36.4 Å². The number of aliphatic carboxylic acids is 1. The van der Waals surface area contributed by atoms with Crippen molar-refractivity contribution in [2.24, 2.45) is 0 Å². The van der Waals surface area contributed by atoms with Crippen LogP contribution in [0.3, 0.4) is 0 Å². The first kappa shape index (κ1) is 14.2. The van der Waals surface area contributed by atoms with E-state index in [2.05, 4.69) is 0 Å². The van der Waals surface area contributed by atoms with Crippen LogP contribution in [0.15, 0.2) is 53.9 Å². The zero-order valence-electron chi connectivity index (χ0n) is 11.6. The average molecular weight is 273 g/mol. The number of benzene rings is 1. The van der Waals surface area contributed by atoms with Gasteiger partial charge in [-0.3, -0.25) is 4.79 Å². The molecular weight excluding hydrogens is 254 g/mol. The second-order valence-corrected chi connectivity index (χ2v) is 4.72. The van der Waals surface area contributed by atoms with Crippen molar-refractivity contribution in [1.29, 1.82) is 0 Å². The summed E-state index contributed by atoms with van der Waals surface area (Å²) in [6.07, 6.45) is 4.09. The van der Waals surface area contributed by atoms with E-state index in [4.69, 9.17) is 9.84 Å². The molecule has 0 saturated heterocycles. The lowest BCUT2D eigenvalue weighted by Crippen LogP contribution is -2.28. The summed E-state index contributed by atoms with van der Waals surface area (Å²) in [5.41, 5.74) is 2.11. The average Bonchev–Trinajstić information content (AvgIpc) is 2.46. The Balaban J connectivity index is 1.96. The SMILES string of the molecule is CC1=C(OCc2ccccc2)C=CCN1CCC(=O)O. The molecule has 4 heteroatoms. The Morgan fingerprint density at radius 1 is 1.35 bits per heavy atom. The van der Waals surface area contributed by atoms with Gasteiger partial charge in [-0.15, -0.1) is 0 Å². The van der Waals surface area contributed by atoms with E-state index < -0.39 is 5.97 Å². The first-order valence-corrected chi connectivity index (χ1v) is 6.67. The van der Waals surface area contributed by atoms with Crippen LogP contribution in [-0.4, -0.2) is 29.1 Å². The van der Waals surface area contributed by atoms with Gasteiger partial charge in [0.2, 0.25) is 0 Å². The Hall–Kier alpha value is -2.23. The van der Waals surface area contributed by atoms with Crippen molar-refractivity contribution in [3.63, 3.8) is 0 Å². The summed E-state index contributed by atoms with van der Waals surface area (Å²) in [6, 6.07) is 9.98. The van der Waals surface area contributed by atoms with Crippen LogP contribution in [-0.2, 0) is 16.1 Å². The fourth-order valence-electron chi connectivity index (χ4n) is 2.08. The summed E-state index contributed by atoms with van der Waals surface area (Å²) in [5.74, 6) is 0.0320. The Bertz CT molecular complexity index is 520. The third-order valence-electron chi connectivity index (χ3n) is 3.26. The zero-order valence-corrected chi connectivity index (χ0v) is 11.6. The lowest BCUT2D eigenvalue weighted by molar-refractivity contribution is -0.137. The zero-order chi connectivity index (χ0) is 14.4. The Morgan fingerprint density at radius 2 is 2.10 bits per heavy atom. The molecule has 0 bridgehead atoms. The highest BCUT2D eigenvalue weighted by Gasteiger charge is 2.14. The topological polar surface area (TPSA) is 49.8 Å². The molecule has 1 aromatic carbocycles. The number of ether oxygens (including phenoxy) is 1. The number of carboxylic acid groups (broad SMARTS) is 1. The van der Waals surface area contributed by atoms with E-state index in [0.29, 0.717) is 13.2 Å². The molecule has 0 aromatic heterocycles. The van der Waals surface area contributed by atoms with Gasteiger partial charge in [-0.05, 0) is 18.6 Å². The summed E-state index contributed by atoms with van der Waals surface area (Å²) in [6.45, 7) is 3.72. The van der Waals surface area contributed by atoms with Crippen molar-refractivity contribution in [1.82, 2.24) is 4.90 Å². The van der Waals surface area contributed by atoms with Crippen LogP contribution in [0.2, 0.25) is 0 Å². The lowest BCUT2D eigenvalue weighted by atomic mass is 10.2. The van der Waals surface area contributed by atoms with Gasteiger partial charge in [0.15, 0.2) is 0 Å². The van der Waals surface area contributed by atoms with E-state index in [1.165, 1.54) is 0 Å². The normalized spacial score (nSPS) is 14.6. The molecule has 2 rings (SSSR count). The standard InChI is InChI=1S/C16H19NO3/c1-13-15(20-12-14-6-3-2-4-7-14)8-5-10-17(13)11-9-16(18)19/h2-8H,9-12H2,1H3,(H,18,19). The number of hydrogen-bond donors (Lipinski definition) is 1. The Morgan fingerprint density at radius 3 is 2.80 bits per heavy atom. The molecule has 0 radical (unpaired) electrons. The highest BCUT2D eigenvalue weighted by Crippen LogP contribution is 2.19. The largest absolute Gasteiger partial charge is 0.487 e. The third-order valence-corrected chi connectivity index (χ3v) is 3.26. The van der Waals surface area contributed by atoms with Gasteiger partial charge in [0.05, 0.1) is 12.1 Å². The van der Waals surface area contributed by atoms with Crippen LogP contribution in [0.1, 0.15) is 18.9 Å². The second kappa shape index (κ2) is 6.80. The van der Waals surface area contributed by atoms with Crippen molar-refractivity contribution in [2.75, 3.05) is 13.1 Å². The molecule has 0 amide bonds. The summed E-state index contributed by atoms with van der Waals surface area (Å²) >= 11 is 0. The molecule has 0 atom stereocenters. The number of carboxylic acids is 1. The molecule has 0 unspecified atom stereocenters. The van der Waals surface area contributed by atoms with Crippen molar-refractivity contribution < 1.29 is 14.6 Å². The van der Waals surface area contributed by atoms with E-state index >= 15 is 0 Å². The predicted octanol–water partition coefficient (Wildman–Crippen LogP) is 2.78. The molecule has 0 aliphatic carbocycles. The third kappa shape index (κ3) is 3.88. The molecule has 106 valence electrons. The Kier molecular flexibility index (Phi) is 4.82. The minimum absolute atomic E-state index is 0.136. The first-order chi connectivity index (χ1) is 9.66. The summed E-state index contributed by atoms with van der Waals surface area (Å²) in [5, 5.41) is 8.76. The highest BCUT2D eigenvalue weighted by atomic mass is 16.5. The maximum atomic E-state index is 10.6. The maximum Gasteiger partial charge on any atom is 0.305 e. The molecule has 1 N–H and O–H groups in total. The second-order valence-electron chi connectivity index (χ2n) is 4.72. The fraction of sp³-hybridized carbons (Fsp3) is 0.312. The van der Waals surface area contributed by atoms with Gasteiger partial charge < -0.3 is 14.7 Å². The van der Waals surface area contributed by atoms with E-state index in [1.807, 2.05) is 54.3 Å². The van der Waals surface area contributed by atoms with Crippen molar-refractivity contribution in [3.05, 3.63) is 59.5 Å². The van der Waals surface area contributed by atoms with Crippen molar-refractivity contribution >= 4 is 5.97 Å². The molecule has 4 nitrogen and oxygen atoms in total. The quantitative estimate of drug-likeness (QED) is 0.866. The molecule has 0 fully saturated rings. The number of carbonyl (C=O) groups is 1. The van der Waals surface area contributed by atoms with E-state index in [1.54, 1.807) is 0 Å². The van der Waals surface area contributed by atoms with Gasteiger partial charge in [-0.25, -0.2) is 0 Å². The number of allylic oxidation sites excluding steroid dienone is 2. The highest BCUT2D eigenvalue weighted by molar-refractivity contribution is 5.66. The van der Waals surface area contributed by atoms with Crippen molar-refractivity contribution in [2.45, 2.75) is 20.0 Å². The van der Waals surface area contributed by atoms with Gasteiger partial charge in [0.25, 0.3) is 0 Å².